The second-order valence-electron chi connectivity index (χ2n) is 6.39. The van der Waals surface area contributed by atoms with Gasteiger partial charge < -0.3 is 9.30 Å². The van der Waals surface area contributed by atoms with Gasteiger partial charge in [0.25, 0.3) is 11.8 Å². The van der Waals surface area contributed by atoms with Crippen molar-refractivity contribution in [1.29, 1.82) is 5.26 Å². The molecule has 0 aliphatic heterocycles. The Hall–Kier alpha value is -3.86. The minimum Gasteiger partial charge on any atom is -0.481 e. The van der Waals surface area contributed by atoms with Crippen molar-refractivity contribution in [2.75, 3.05) is 0 Å². The van der Waals surface area contributed by atoms with Gasteiger partial charge in [-0.1, -0.05) is 19.1 Å². The lowest BCUT2D eigenvalue weighted by Gasteiger charge is -2.15. The van der Waals surface area contributed by atoms with Gasteiger partial charge in [0.2, 0.25) is 0 Å². The number of amides is 2. The van der Waals surface area contributed by atoms with Crippen LogP contribution in [0.5, 0.6) is 5.75 Å². The molecule has 0 aliphatic rings. The number of nitrogens with zero attached hydrogens (tertiary/aromatic N) is 3. The molecule has 8 nitrogen and oxygen atoms in total. The highest BCUT2D eigenvalue weighted by Crippen LogP contribution is 2.16. The maximum Gasteiger partial charge on any atom is 0.279 e. The van der Waals surface area contributed by atoms with E-state index in [0.717, 1.165) is 16.9 Å². The van der Waals surface area contributed by atoms with Gasteiger partial charge in [-0.25, -0.2) is 4.98 Å². The maximum absolute atomic E-state index is 12.3. The van der Waals surface area contributed by atoms with Gasteiger partial charge in [0.05, 0.1) is 22.7 Å². The molecule has 29 heavy (non-hydrogen) atoms. The molecule has 148 valence electrons. The van der Waals surface area contributed by atoms with Gasteiger partial charge in [-0.3, -0.25) is 20.4 Å². The lowest BCUT2D eigenvalue weighted by atomic mass is 10.2. The minimum atomic E-state index is -0.830. The van der Waals surface area contributed by atoms with E-state index in [4.69, 9.17) is 10.00 Å². The number of imidazole rings is 1. The number of carbonyl (C=O) groups excluding carboxylic acids is 2. The molecule has 0 aliphatic carbocycles. The SMILES string of the molecule is CCc1nc2ccccc2n1CC(=O)NNC(=O)[C@H](C)Oc1ccc(C#N)cc1. The summed E-state index contributed by atoms with van der Waals surface area (Å²) in [6.07, 6.45) is -0.146. The van der Waals surface area contributed by atoms with Gasteiger partial charge in [0.1, 0.15) is 18.1 Å². The van der Waals surface area contributed by atoms with Crippen LogP contribution in [0.25, 0.3) is 11.0 Å². The smallest absolute Gasteiger partial charge is 0.279 e. The first-order chi connectivity index (χ1) is 14.0. The van der Waals surface area contributed by atoms with Crippen molar-refractivity contribution in [1.82, 2.24) is 20.4 Å². The third-order valence-corrected chi connectivity index (χ3v) is 4.34. The predicted octanol–water partition coefficient (Wildman–Crippen LogP) is 2.09. The summed E-state index contributed by atoms with van der Waals surface area (Å²) in [6.45, 7) is 3.58. The van der Waals surface area contributed by atoms with Crippen molar-refractivity contribution in [3.05, 3.63) is 59.9 Å². The molecule has 2 aromatic carbocycles. The summed E-state index contributed by atoms with van der Waals surface area (Å²) in [5, 5.41) is 8.80. The molecule has 8 heteroatoms. The van der Waals surface area contributed by atoms with E-state index < -0.39 is 12.0 Å². The van der Waals surface area contributed by atoms with Crippen molar-refractivity contribution in [3.8, 4) is 11.8 Å². The second-order valence-corrected chi connectivity index (χ2v) is 6.39. The Bertz CT molecular complexity index is 1070. The zero-order valence-corrected chi connectivity index (χ0v) is 16.2. The first-order valence-electron chi connectivity index (χ1n) is 9.21. The molecule has 1 atom stereocenters. The van der Waals surface area contributed by atoms with E-state index in [-0.39, 0.29) is 12.5 Å². The fraction of sp³-hybridized carbons (Fsp3) is 0.238. The molecule has 2 amide bonds. The number of nitriles is 1. The van der Waals surface area contributed by atoms with Crippen LogP contribution in [-0.2, 0) is 22.6 Å². The van der Waals surface area contributed by atoms with Crippen LogP contribution in [-0.4, -0.2) is 27.5 Å². The molecule has 0 fully saturated rings. The zero-order valence-electron chi connectivity index (χ0n) is 16.2. The number of para-hydroxylation sites is 2. The monoisotopic (exact) mass is 391 g/mol. The molecule has 2 N–H and O–H groups in total. The van der Waals surface area contributed by atoms with E-state index >= 15 is 0 Å². The zero-order chi connectivity index (χ0) is 20.8. The van der Waals surface area contributed by atoms with E-state index in [1.54, 1.807) is 31.2 Å². The molecule has 3 aromatic rings. The summed E-state index contributed by atoms with van der Waals surface area (Å²) in [4.78, 5) is 29.0. The van der Waals surface area contributed by atoms with Crippen LogP contribution in [0.4, 0.5) is 0 Å². The molecule has 3 rings (SSSR count). The third kappa shape index (κ3) is 4.71. The maximum atomic E-state index is 12.3. The molecule has 0 saturated heterocycles. The Morgan fingerprint density at radius 1 is 1.17 bits per heavy atom. The highest BCUT2D eigenvalue weighted by Gasteiger charge is 2.17. The number of benzene rings is 2. The molecular weight excluding hydrogens is 370 g/mol. The summed E-state index contributed by atoms with van der Waals surface area (Å²) in [7, 11) is 0. The van der Waals surface area contributed by atoms with Gasteiger partial charge in [-0.05, 0) is 43.3 Å². The van der Waals surface area contributed by atoms with Crippen LogP contribution in [0.2, 0.25) is 0 Å². The van der Waals surface area contributed by atoms with Gasteiger partial charge in [0.15, 0.2) is 6.10 Å². The lowest BCUT2D eigenvalue weighted by Crippen LogP contribution is -2.48. The quantitative estimate of drug-likeness (QED) is 0.626. The Balaban J connectivity index is 1.56. The Morgan fingerprint density at radius 3 is 2.59 bits per heavy atom. The van der Waals surface area contributed by atoms with Gasteiger partial charge in [-0.2, -0.15) is 5.26 Å². The predicted molar refractivity (Wildman–Crippen MR) is 107 cm³/mol. The van der Waals surface area contributed by atoms with Crippen LogP contribution in [0, 0.1) is 11.3 Å². The van der Waals surface area contributed by atoms with E-state index in [0.29, 0.717) is 17.7 Å². The van der Waals surface area contributed by atoms with Gasteiger partial charge in [0, 0.05) is 6.42 Å². The Morgan fingerprint density at radius 2 is 1.90 bits per heavy atom. The highest BCUT2D eigenvalue weighted by atomic mass is 16.5. The topological polar surface area (TPSA) is 109 Å². The fourth-order valence-electron chi connectivity index (χ4n) is 2.85. The molecule has 0 spiro atoms. The summed E-state index contributed by atoms with van der Waals surface area (Å²) in [6, 6.07) is 16.0. The van der Waals surface area contributed by atoms with E-state index in [1.165, 1.54) is 0 Å². The third-order valence-electron chi connectivity index (χ3n) is 4.34. The summed E-state index contributed by atoms with van der Waals surface area (Å²) >= 11 is 0. The minimum absolute atomic E-state index is 0.0365. The molecule has 0 saturated carbocycles. The Labute approximate surface area is 168 Å². The number of nitrogens with one attached hydrogen (secondary N) is 2. The first-order valence-corrected chi connectivity index (χ1v) is 9.21. The number of hydrazine groups is 1. The number of hydrogen-bond acceptors (Lipinski definition) is 5. The Kier molecular flexibility index (Phi) is 6.09. The average Bonchev–Trinajstić information content (AvgIpc) is 3.10. The van der Waals surface area contributed by atoms with Crippen molar-refractivity contribution in [3.63, 3.8) is 0 Å². The standard InChI is InChI=1S/C21H21N5O3/c1-3-19-23-17-6-4-5-7-18(17)26(19)13-20(27)24-25-21(28)14(2)29-16-10-8-15(12-22)9-11-16/h4-11,14H,3,13H2,1-2H3,(H,24,27)(H,25,28)/t14-/m0/s1. The van der Waals surface area contributed by atoms with Crippen LogP contribution >= 0.6 is 0 Å². The van der Waals surface area contributed by atoms with Gasteiger partial charge in [-0.15, -0.1) is 0 Å². The molecule has 0 bridgehead atoms. The number of aryl methyl sites for hydroxylation is 1. The summed E-state index contributed by atoms with van der Waals surface area (Å²) in [5.74, 6) is 0.385. The van der Waals surface area contributed by atoms with E-state index in [1.807, 2.05) is 41.8 Å². The second kappa shape index (κ2) is 8.89. The van der Waals surface area contributed by atoms with E-state index in [2.05, 4.69) is 15.8 Å². The number of carbonyl (C=O) groups is 2. The largest absolute Gasteiger partial charge is 0.481 e. The van der Waals surface area contributed by atoms with Crippen LogP contribution in [0.15, 0.2) is 48.5 Å². The number of ether oxygens (including phenoxy) is 1. The number of hydrogen-bond donors (Lipinski definition) is 2. The average molecular weight is 391 g/mol. The normalized spacial score (nSPS) is 11.5. The lowest BCUT2D eigenvalue weighted by molar-refractivity contribution is -0.132. The van der Waals surface area contributed by atoms with Crippen LogP contribution in [0.3, 0.4) is 0 Å². The summed E-state index contributed by atoms with van der Waals surface area (Å²) in [5.41, 5.74) is 6.97. The molecule has 1 aromatic heterocycles. The molecule has 0 radical (unpaired) electrons. The first kappa shape index (κ1) is 19.9. The molecular formula is C21H21N5O3. The summed E-state index contributed by atoms with van der Waals surface area (Å²) < 4.78 is 7.35. The fourth-order valence-corrected chi connectivity index (χ4v) is 2.85. The van der Waals surface area contributed by atoms with Gasteiger partial charge >= 0.3 is 0 Å². The number of aromatic nitrogens is 2. The van der Waals surface area contributed by atoms with Crippen LogP contribution < -0.4 is 15.6 Å². The van der Waals surface area contributed by atoms with Crippen molar-refractivity contribution in [2.45, 2.75) is 32.9 Å². The molecule has 0 unspecified atom stereocenters. The number of rotatable bonds is 6. The van der Waals surface area contributed by atoms with Crippen LogP contribution in [0.1, 0.15) is 25.2 Å². The molecule has 1 heterocycles. The van der Waals surface area contributed by atoms with Crippen molar-refractivity contribution >= 4 is 22.8 Å². The van der Waals surface area contributed by atoms with Crippen molar-refractivity contribution in [2.24, 2.45) is 0 Å². The highest BCUT2D eigenvalue weighted by molar-refractivity contribution is 5.85. The van der Waals surface area contributed by atoms with E-state index in [9.17, 15) is 9.59 Å². The van der Waals surface area contributed by atoms with Crippen molar-refractivity contribution < 1.29 is 14.3 Å². The number of fused-ring (bicyclic) bond motifs is 1.